The summed E-state index contributed by atoms with van der Waals surface area (Å²) in [6.07, 6.45) is -5.13. The van der Waals surface area contributed by atoms with Gasteiger partial charge in [0.25, 0.3) is 0 Å². The number of ether oxygens (including phenoxy) is 1. The molecule has 0 amide bonds. The quantitative estimate of drug-likeness (QED) is 0.937. The first-order chi connectivity index (χ1) is 9.88. The Hall–Kier alpha value is -2.50. The molecule has 2 aromatic carbocycles. The molecule has 0 aliphatic carbocycles. The Kier molecular flexibility index (Phi) is 3.88. The van der Waals surface area contributed by atoms with Crippen molar-refractivity contribution in [1.82, 2.24) is 0 Å². The maximum Gasteiger partial charge on any atom is 0.444 e. The van der Waals surface area contributed by atoms with Crippen LogP contribution in [-0.4, -0.2) is 17.3 Å². The highest BCUT2D eigenvalue weighted by Crippen LogP contribution is 2.43. The molecular formula is C15H11F3O3. The van der Waals surface area contributed by atoms with Gasteiger partial charge in [0.15, 0.2) is 0 Å². The van der Waals surface area contributed by atoms with Crippen LogP contribution in [0.4, 0.5) is 13.2 Å². The van der Waals surface area contributed by atoms with Crippen molar-refractivity contribution in [2.75, 3.05) is 0 Å². The van der Waals surface area contributed by atoms with Gasteiger partial charge in [-0.25, -0.2) is 4.79 Å². The van der Waals surface area contributed by atoms with Crippen molar-refractivity contribution in [1.29, 1.82) is 0 Å². The lowest BCUT2D eigenvalue weighted by atomic mass is 9.92. The molecule has 0 aromatic heterocycles. The van der Waals surface area contributed by atoms with E-state index in [0.717, 1.165) is 12.1 Å². The summed E-state index contributed by atoms with van der Waals surface area (Å²) in [6, 6.07) is 13.3. The molecule has 0 bridgehead atoms. The molecule has 1 atom stereocenters. The number of benzene rings is 2. The maximum absolute atomic E-state index is 13.5. The molecule has 0 aliphatic rings. The van der Waals surface area contributed by atoms with Crippen molar-refractivity contribution in [3.8, 4) is 5.75 Å². The average Bonchev–Trinajstić information content (AvgIpc) is 2.45. The van der Waals surface area contributed by atoms with Gasteiger partial charge in [-0.15, -0.1) is 0 Å². The number of carbonyl (C=O) groups is 1. The Morgan fingerprint density at radius 1 is 0.905 bits per heavy atom. The summed E-state index contributed by atoms with van der Waals surface area (Å²) >= 11 is 0. The van der Waals surface area contributed by atoms with Crippen molar-refractivity contribution >= 4 is 5.97 Å². The first-order valence-electron chi connectivity index (χ1n) is 5.97. The minimum Gasteiger partial charge on any atom is -0.478 e. The molecule has 0 radical (unpaired) electrons. The van der Waals surface area contributed by atoms with E-state index in [-0.39, 0.29) is 5.75 Å². The van der Waals surface area contributed by atoms with E-state index in [2.05, 4.69) is 0 Å². The molecule has 0 saturated carbocycles. The topological polar surface area (TPSA) is 46.5 Å². The number of aliphatic carboxylic acids is 1. The second-order valence-corrected chi connectivity index (χ2v) is 4.27. The summed E-state index contributed by atoms with van der Waals surface area (Å²) in [5.41, 5.74) is -3.94. The molecule has 0 saturated heterocycles. The Labute approximate surface area is 118 Å². The fourth-order valence-electron chi connectivity index (χ4n) is 1.91. The van der Waals surface area contributed by atoms with E-state index in [1.165, 1.54) is 42.5 Å². The van der Waals surface area contributed by atoms with E-state index in [9.17, 15) is 23.1 Å². The predicted molar refractivity (Wildman–Crippen MR) is 68.9 cm³/mol. The van der Waals surface area contributed by atoms with Gasteiger partial charge in [0.05, 0.1) is 0 Å². The summed E-state index contributed by atoms with van der Waals surface area (Å²) < 4.78 is 45.4. The van der Waals surface area contributed by atoms with Crippen molar-refractivity contribution in [3.05, 3.63) is 66.2 Å². The van der Waals surface area contributed by atoms with E-state index in [0.29, 0.717) is 0 Å². The van der Waals surface area contributed by atoms with Crippen LogP contribution in [0, 0.1) is 0 Å². The number of alkyl halides is 3. The monoisotopic (exact) mass is 296 g/mol. The van der Waals surface area contributed by atoms with Crippen LogP contribution in [-0.2, 0) is 10.4 Å². The van der Waals surface area contributed by atoms with Crippen LogP contribution in [0.2, 0.25) is 0 Å². The lowest BCUT2D eigenvalue weighted by Crippen LogP contribution is -2.53. The Morgan fingerprint density at radius 2 is 1.38 bits per heavy atom. The zero-order valence-electron chi connectivity index (χ0n) is 10.7. The number of hydrogen-bond acceptors (Lipinski definition) is 2. The number of rotatable bonds is 4. The summed E-state index contributed by atoms with van der Waals surface area (Å²) in [5, 5.41) is 9.23. The largest absolute Gasteiger partial charge is 0.478 e. The lowest BCUT2D eigenvalue weighted by Gasteiger charge is -2.32. The van der Waals surface area contributed by atoms with E-state index in [4.69, 9.17) is 4.74 Å². The molecule has 110 valence electrons. The molecule has 1 unspecified atom stereocenters. The van der Waals surface area contributed by atoms with E-state index in [1.54, 1.807) is 6.07 Å². The van der Waals surface area contributed by atoms with Gasteiger partial charge in [-0.1, -0.05) is 48.5 Å². The molecule has 0 heterocycles. The first-order valence-corrected chi connectivity index (χ1v) is 5.97. The van der Waals surface area contributed by atoms with Gasteiger partial charge in [-0.2, -0.15) is 13.2 Å². The lowest BCUT2D eigenvalue weighted by molar-refractivity contribution is -0.255. The average molecular weight is 296 g/mol. The fraction of sp³-hybridized carbons (Fsp3) is 0.133. The summed E-state index contributed by atoms with van der Waals surface area (Å²) in [5.74, 6) is -2.30. The molecular weight excluding hydrogens is 285 g/mol. The summed E-state index contributed by atoms with van der Waals surface area (Å²) in [6.45, 7) is 0. The number of carboxylic acid groups (broad SMARTS) is 1. The third-order valence-electron chi connectivity index (χ3n) is 2.89. The SMILES string of the molecule is O=C(O)C(Oc1ccccc1)(c1ccccc1)C(F)(F)F. The highest BCUT2D eigenvalue weighted by molar-refractivity contribution is 5.81. The Morgan fingerprint density at radius 3 is 1.81 bits per heavy atom. The van der Waals surface area contributed by atoms with Crippen LogP contribution in [0.15, 0.2) is 60.7 Å². The normalized spacial score (nSPS) is 14.2. The number of para-hydroxylation sites is 1. The van der Waals surface area contributed by atoms with Gasteiger partial charge < -0.3 is 9.84 Å². The molecule has 2 aromatic rings. The third kappa shape index (κ3) is 2.69. The van der Waals surface area contributed by atoms with Crippen molar-refractivity contribution in [2.24, 2.45) is 0 Å². The Balaban J connectivity index is 2.60. The minimum atomic E-state index is -5.13. The van der Waals surface area contributed by atoms with Crippen molar-refractivity contribution in [2.45, 2.75) is 11.8 Å². The number of halogens is 3. The van der Waals surface area contributed by atoms with Gasteiger partial charge in [-0.3, -0.25) is 0 Å². The zero-order valence-corrected chi connectivity index (χ0v) is 10.7. The van der Waals surface area contributed by atoms with Gasteiger partial charge in [-0.05, 0) is 12.1 Å². The van der Waals surface area contributed by atoms with E-state index in [1.807, 2.05) is 0 Å². The minimum absolute atomic E-state index is 0.180. The van der Waals surface area contributed by atoms with Crippen LogP contribution in [0.25, 0.3) is 0 Å². The molecule has 6 heteroatoms. The number of carboxylic acids is 1. The maximum atomic E-state index is 13.5. The molecule has 3 nitrogen and oxygen atoms in total. The van der Waals surface area contributed by atoms with Gasteiger partial charge in [0.1, 0.15) is 5.75 Å². The molecule has 2 rings (SSSR count). The standard InChI is InChI=1S/C15H11F3O3/c16-15(17,18)14(13(19)20,11-7-3-1-4-8-11)21-12-9-5-2-6-10-12/h1-10H,(H,19,20). The summed E-state index contributed by atoms with van der Waals surface area (Å²) in [4.78, 5) is 11.4. The zero-order chi connectivity index (χ0) is 15.5. The van der Waals surface area contributed by atoms with Crippen LogP contribution in [0.5, 0.6) is 5.75 Å². The molecule has 0 aliphatic heterocycles. The van der Waals surface area contributed by atoms with Crippen LogP contribution in [0.1, 0.15) is 5.56 Å². The molecule has 1 N–H and O–H groups in total. The predicted octanol–water partition coefficient (Wildman–Crippen LogP) is 3.61. The van der Waals surface area contributed by atoms with Gasteiger partial charge in [0.2, 0.25) is 0 Å². The highest BCUT2D eigenvalue weighted by Gasteiger charge is 2.65. The van der Waals surface area contributed by atoms with Crippen LogP contribution >= 0.6 is 0 Å². The fourth-order valence-corrected chi connectivity index (χ4v) is 1.91. The molecule has 21 heavy (non-hydrogen) atoms. The van der Waals surface area contributed by atoms with Crippen molar-refractivity contribution < 1.29 is 27.8 Å². The summed E-state index contributed by atoms with van der Waals surface area (Å²) in [7, 11) is 0. The van der Waals surface area contributed by atoms with Gasteiger partial charge >= 0.3 is 17.7 Å². The van der Waals surface area contributed by atoms with Crippen LogP contribution in [0.3, 0.4) is 0 Å². The van der Waals surface area contributed by atoms with Gasteiger partial charge in [0, 0.05) is 5.56 Å². The second-order valence-electron chi connectivity index (χ2n) is 4.27. The number of hydrogen-bond donors (Lipinski definition) is 1. The van der Waals surface area contributed by atoms with E-state index < -0.39 is 23.3 Å². The first kappa shape index (κ1) is 14.9. The molecule has 0 spiro atoms. The Bertz CT molecular complexity index is 611. The van der Waals surface area contributed by atoms with Crippen molar-refractivity contribution in [3.63, 3.8) is 0 Å². The smallest absolute Gasteiger partial charge is 0.444 e. The third-order valence-corrected chi connectivity index (χ3v) is 2.89. The van der Waals surface area contributed by atoms with Crippen LogP contribution < -0.4 is 4.74 Å². The second kappa shape index (κ2) is 5.47. The molecule has 0 fully saturated rings. The van der Waals surface area contributed by atoms with E-state index >= 15 is 0 Å². The highest BCUT2D eigenvalue weighted by atomic mass is 19.4.